The van der Waals surface area contributed by atoms with E-state index in [1.54, 1.807) is 7.11 Å². The summed E-state index contributed by atoms with van der Waals surface area (Å²) in [6, 6.07) is 9.96. The van der Waals surface area contributed by atoms with Gasteiger partial charge in [-0.3, -0.25) is 4.99 Å². The van der Waals surface area contributed by atoms with Crippen LogP contribution in [0.15, 0.2) is 47.5 Å². The summed E-state index contributed by atoms with van der Waals surface area (Å²) in [6.07, 6.45) is -4.63. The van der Waals surface area contributed by atoms with Crippen LogP contribution in [0, 0.1) is 5.82 Å². The number of nitrogens with one attached hydrogen (secondary N) is 2. The van der Waals surface area contributed by atoms with Crippen LogP contribution in [0.1, 0.15) is 16.7 Å². The summed E-state index contributed by atoms with van der Waals surface area (Å²) in [7, 11) is 3.07. The lowest BCUT2D eigenvalue weighted by Crippen LogP contribution is -2.36. The molecule has 0 saturated carbocycles. The van der Waals surface area contributed by atoms with Crippen LogP contribution in [0.2, 0.25) is 0 Å². The third kappa shape index (κ3) is 6.89. The fraction of sp³-hybridized carbons (Fsp3) is 0.278. The van der Waals surface area contributed by atoms with Crippen LogP contribution >= 0.6 is 24.0 Å². The highest BCUT2D eigenvalue weighted by Gasteiger charge is 2.33. The molecule has 0 amide bonds. The highest BCUT2D eigenvalue weighted by atomic mass is 127. The number of hydrogen-bond acceptors (Lipinski definition) is 2. The van der Waals surface area contributed by atoms with Crippen molar-refractivity contribution < 1.29 is 22.3 Å². The SMILES string of the molecule is CN=C(NCc1cccc(OC)c1)NCc1ccc(F)cc1C(F)(F)F.I. The summed E-state index contributed by atoms with van der Waals surface area (Å²) >= 11 is 0. The van der Waals surface area contributed by atoms with Crippen LogP contribution in [-0.4, -0.2) is 20.1 Å². The van der Waals surface area contributed by atoms with Crippen molar-refractivity contribution in [2.75, 3.05) is 14.2 Å². The highest BCUT2D eigenvalue weighted by Crippen LogP contribution is 2.32. The number of nitrogens with zero attached hydrogens (tertiary/aromatic N) is 1. The summed E-state index contributed by atoms with van der Waals surface area (Å²) in [5, 5.41) is 5.81. The number of guanidine groups is 1. The molecule has 27 heavy (non-hydrogen) atoms. The van der Waals surface area contributed by atoms with E-state index in [4.69, 9.17) is 4.74 Å². The minimum Gasteiger partial charge on any atom is -0.497 e. The van der Waals surface area contributed by atoms with E-state index in [1.807, 2.05) is 24.3 Å². The van der Waals surface area contributed by atoms with Gasteiger partial charge in [0, 0.05) is 20.1 Å². The van der Waals surface area contributed by atoms with Gasteiger partial charge in [0.05, 0.1) is 12.7 Å². The number of alkyl halides is 3. The molecule has 2 N–H and O–H groups in total. The standard InChI is InChI=1S/C18H19F4N3O.HI/c1-23-17(24-10-12-4-3-5-15(8-12)26-2)25-11-13-6-7-14(19)9-16(13)18(20,21)22;/h3-9H,10-11H2,1-2H3,(H2,23,24,25);1H. The Hall–Kier alpha value is -2.04. The minimum absolute atomic E-state index is 0. The number of halogens is 5. The summed E-state index contributed by atoms with van der Waals surface area (Å²) in [6.45, 7) is 0.263. The van der Waals surface area contributed by atoms with Crippen molar-refractivity contribution in [3.63, 3.8) is 0 Å². The first-order valence-corrected chi connectivity index (χ1v) is 7.76. The van der Waals surface area contributed by atoms with Gasteiger partial charge in [-0.2, -0.15) is 13.2 Å². The summed E-state index contributed by atoms with van der Waals surface area (Å²) in [5.41, 5.74) is -0.151. The van der Waals surface area contributed by atoms with E-state index < -0.39 is 17.6 Å². The van der Waals surface area contributed by atoms with E-state index >= 15 is 0 Å². The topological polar surface area (TPSA) is 45.7 Å². The number of hydrogen-bond donors (Lipinski definition) is 2. The van der Waals surface area contributed by atoms with Crippen molar-refractivity contribution in [3.05, 3.63) is 65.0 Å². The summed E-state index contributed by atoms with van der Waals surface area (Å²) in [4.78, 5) is 3.98. The lowest BCUT2D eigenvalue weighted by Gasteiger charge is -2.16. The van der Waals surface area contributed by atoms with Gasteiger partial charge in [0.1, 0.15) is 11.6 Å². The number of aliphatic imine (C=N–C) groups is 1. The fourth-order valence-corrected chi connectivity index (χ4v) is 2.33. The molecule has 2 aromatic carbocycles. The largest absolute Gasteiger partial charge is 0.497 e. The molecular weight excluding hydrogens is 477 g/mol. The van der Waals surface area contributed by atoms with Crippen LogP contribution in [0.25, 0.3) is 0 Å². The third-order valence-electron chi connectivity index (χ3n) is 3.64. The molecule has 0 aliphatic heterocycles. The number of rotatable bonds is 5. The predicted molar refractivity (Wildman–Crippen MR) is 107 cm³/mol. The Kier molecular flexibility index (Phi) is 8.80. The molecule has 4 nitrogen and oxygen atoms in total. The lowest BCUT2D eigenvalue weighted by atomic mass is 10.1. The molecule has 0 aliphatic carbocycles. The molecule has 0 bridgehead atoms. The Balaban J connectivity index is 0.00000364. The third-order valence-corrected chi connectivity index (χ3v) is 3.64. The molecule has 0 unspecified atom stereocenters. The first kappa shape index (κ1) is 23.0. The maximum Gasteiger partial charge on any atom is 0.416 e. The van der Waals surface area contributed by atoms with Crippen molar-refractivity contribution in [2.24, 2.45) is 4.99 Å². The maximum absolute atomic E-state index is 13.1. The van der Waals surface area contributed by atoms with Crippen LogP contribution < -0.4 is 15.4 Å². The Morgan fingerprint density at radius 3 is 2.41 bits per heavy atom. The number of methoxy groups -OCH3 is 1. The monoisotopic (exact) mass is 497 g/mol. The Labute approximate surface area is 172 Å². The van der Waals surface area contributed by atoms with Crippen molar-refractivity contribution in [2.45, 2.75) is 19.3 Å². The maximum atomic E-state index is 13.1. The quantitative estimate of drug-likeness (QED) is 0.280. The molecule has 0 spiro atoms. The normalized spacial score (nSPS) is 11.6. The smallest absolute Gasteiger partial charge is 0.416 e. The summed E-state index contributed by atoms with van der Waals surface area (Å²) in [5.74, 6) is 0.0975. The van der Waals surface area contributed by atoms with Crippen molar-refractivity contribution in [1.29, 1.82) is 0 Å². The van der Waals surface area contributed by atoms with Gasteiger partial charge in [0.15, 0.2) is 5.96 Å². The van der Waals surface area contributed by atoms with E-state index in [9.17, 15) is 17.6 Å². The second-order valence-corrected chi connectivity index (χ2v) is 5.43. The fourth-order valence-electron chi connectivity index (χ4n) is 2.33. The molecule has 0 aromatic heterocycles. The molecule has 148 valence electrons. The zero-order valence-electron chi connectivity index (χ0n) is 14.7. The van der Waals surface area contributed by atoms with Gasteiger partial charge in [0.2, 0.25) is 0 Å². The van der Waals surface area contributed by atoms with E-state index in [0.29, 0.717) is 24.3 Å². The lowest BCUT2D eigenvalue weighted by molar-refractivity contribution is -0.138. The molecule has 0 aliphatic rings. The van der Waals surface area contributed by atoms with Gasteiger partial charge in [0.25, 0.3) is 0 Å². The first-order chi connectivity index (χ1) is 12.3. The van der Waals surface area contributed by atoms with Gasteiger partial charge in [-0.15, -0.1) is 24.0 Å². The average Bonchev–Trinajstić information content (AvgIpc) is 2.62. The Morgan fingerprint density at radius 2 is 1.78 bits per heavy atom. The molecule has 0 heterocycles. The zero-order chi connectivity index (χ0) is 19.2. The van der Waals surface area contributed by atoms with Crippen LogP contribution in [-0.2, 0) is 19.3 Å². The molecule has 2 aromatic rings. The molecule has 0 radical (unpaired) electrons. The van der Waals surface area contributed by atoms with E-state index in [1.165, 1.54) is 7.05 Å². The second-order valence-electron chi connectivity index (χ2n) is 5.43. The highest BCUT2D eigenvalue weighted by molar-refractivity contribution is 14.0. The molecule has 2 rings (SSSR count). The zero-order valence-corrected chi connectivity index (χ0v) is 17.1. The molecule has 9 heteroatoms. The number of ether oxygens (including phenoxy) is 1. The van der Waals surface area contributed by atoms with Crippen molar-refractivity contribution >= 4 is 29.9 Å². The molecule has 0 fully saturated rings. The van der Waals surface area contributed by atoms with Crippen LogP contribution in [0.5, 0.6) is 5.75 Å². The van der Waals surface area contributed by atoms with Crippen LogP contribution in [0.3, 0.4) is 0 Å². The Morgan fingerprint density at radius 1 is 1.07 bits per heavy atom. The van der Waals surface area contributed by atoms with Crippen LogP contribution in [0.4, 0.5) is 17.6 Å². The summed E-state index contributed by atoms with van der Waals surface area (Å²) < 4.78 is 57.4. The second kappa shape index (κ2) is 10.3. The molecule has 0 saturated heterocycles. The van der Waals surface area contributed by atoms with Gasteiger partial charge >= 0.3 is 6.18 Å². The first-order valence-electron chi connectivity index (χ1n) is 7.76. The molecular formula is C18H20F4IN3O. The van der Waals surface area contributed by atoms with Crippen molar-refractivity contribution in [3.8, 4) is 5.75 Å². The van der Waals surface area contributed by atoms with E-state index in [0.717, 1.165) is 17.7 Å². The van der Waals surface area contributed by atoms with Gasteiger partial charge in [-0.05, 0) is 35.4 Å². The predicted octanol–water partition coefficient (Wildman–Crippen LogP) is 4.34. The van der Waals surface area contributed by atoms with Gasteiger partial charge in [-0.1, -0.05) is 18.2 Å². The molecule has 0 atom stereocenters. The number of benzene rings is 2. The van der Waals surface area contributed by atoms with E-state index in [-0.39, 0.29) is 36.1 Å². The Bertz CT molecular complexity index is 781. The van der Waals surface area contributed by atoms with Crippen molar-refractivity contribution in [1.82, 2.24) is 10.6 Å². The van der Waals surface area contributed by atoms with Gasteiger partial charge < -0.3 is 15.4 Å². The minimum atomic E-state index is -4.63. The van der Waals surface area contributed by atoms with E-state index in [2.05, 4.69) is 15.6 Å². The van der Waals surface area contributed by atoms with Gasteiger partial charge in [-0.25, -0.2) is 4.39 Å². The average molecular weight is 497 g/mol.